The van der Waals surface area contributed by atoms with Crippen molar-refractivity contribution in [2.75, 3.05) is 13.1 Å². The van der Waals surface area contributed by atoms with Crippen molar-refractivity contribution in [1.29, 1.82) is 0 Å². The van der Waals surface area contributed by atoms with Gasteiger partial charge >= 0.3 is 0 Å². The maximum atomic E-state index is 12.9. The van der Waals surface area contributed by atoms with Crippen LogP contribution in [-0.4, -0.2) is 33.8 Å². The summed E-state index contributed by atoms with van der Waals surface area (Å²) in [5.41, 5.74) is 8.90. The van der Waals surface area contributed by atoms with Crippen molar-refractivity contribution in [1.82, 2.24) is 9.88 Å². The Balaban J connectivity index is 1.49. The lowest BCUT2D eigenvalue weighted by molar-refractivity contribution is -0.383. The molecule has 3 N–H and O–H groups in total. The molecule has 7 nitrogen and oxygen atoms in total. The summed E-state index contributed by atoms with van der Waals surface area (Å²) in [5, 5.41) is 11.9. The Morgan fingerprint density at radius 1 is 1.18 bits per heavy atom. The molecule has 144 valence electrons. The number of H-pyrrole nitrogens is 1. The van der Waals surface area contributed by atoms with Gasteiger partial charge in [0.25, 0.3) is 11.6 Å². The van der Waals surface area contributed by atoms with Crippen molar-refractivity contribution in [3.05, 3.63) is 75.5 Å². The van der Waals surface area contributed by atoms with Crippen LogP contribution >= 0.6 is 0 Å². The zero-order valence-electron chi connectivity index (χ0n) is 15.4. The minimum atomic E-state index is -0.436. The van der Waals surface area contributed by atoms with E-state index in [0.717, 1.165) is 18.4 Å². The lowest BCUT2D eigenvalue weighted by Gasteiger charge is -2.32. The highest BCUT2D eigenvalue weighted by Crippen LogP contribution is 2.30. The van der Waals surface area contributed by atoms with Crippen molar-refractivity contribution in [3.8, 4) is 0 Å². The third-order valence-corrected chi connectivity index (χ3v) is 5.50. The quantitative estimate of drug-likeness (QED) is 0.535. The zero-order valence-corrected chi connectivity index (χ0v) is 15.4. The second-order valence-electron chi connectivity index (χ2n) is 7.20. The van der Waals surface area contributed by atoms with Crippen molar-refractivity contribution >= 4 is 22.5 Å². The van der Waals surface area contributed by atoms with Crippen molar-refractivity contribution in [2.45, 2.75) is 25.3 Å². The number of benzene rings is 2. The molecular weight excluding hydrogens is 356 g/mol. The zero-order chi connectivity index (χ0) is 19.7. The van der Waals surface area contributed by atoms with Gasteiger partial charge in [0.15, 0.2) is 0 Å². The molecule has 0 saturated carbocycles. The van der Waals surface area contributed by atoms with Crippen LogP contribution in [-0.2, 0) is 6.54 Å². The molecule has 1 saturated heterocycles. The summed E-state index contributed by atoms with van der Waals surface area (Å²) in [6.07, 6.45) is 1.78. The number of nitrogens with zero attached hydrogens (tertiary/aromatic N) is 2. The number of hydrogen-bond donors (Lipinski definition) is 2. The number of fused-ring (bicyclic) bond motifs is 1. The number of para-hydroxylation sites is 1. The van der Waals surface area contributed by atoms with Crippen LogP contribution in [0.1, 0.15) is 40.4 Å². The van der Waals surface area contributed by atoms with Gasteiger partial charge in [-0.25, -0.2) is 0 Å². The van der Waals surface area contributed by atoms with Crippen molar-refractivity contribution in [2.24, 2.45) is 5.73 Å². The standard InChI is InChI=1S/C21H22N4O3/c22-13-14-3-1-4-16(11-14)15-7-9-24(10-8-15)21(26)18-12-17-5-2-6-19(25(27)28)20(17)23-18/h1-6,11-12,15,23H,7-10,13,22H2. The summed E-state index contributed by atoms with van der Waals surface area (Å²) in [6, 6.07) is 14.9. The number of nitrogens with one attached hydrogen (secondary N) is 1. The van der Waals surface area contributed by atoms with E-state index >= 15 is 0 Å². The fraction of sp³-hybridized carbons (Fsp3) is 0.286. The first kappa shape index (κ1) is 18.2. The maximum absolute atomic E-state index is 12.9. The molecule has 0 aliphatic carbocycles. The number of piperidine rings is 1. The highest BCUT2D eigenvalue weighted by atomic mass is 16.6. The molecule has 2 aromatic carbocycles. The summed E-state index contributed by atoms with van der Waals surface area (Å²) < 4.78 is 0. The molecule has 0 atom stereocenters. The number of rotatable bonds is 4. The molecule has 28 heavy (non-hydrogen) atoms. The first-order chi connectivity index (χ1) is 13.6. The monoisotopic (exact) mass is 378 g/mol. The number of amides is 1. The van der Waals surface area contributed by atoms with Gasteiger partial charge in [-0.1, -0.05) is 36.4 Å². The van der Waals surface area contributed by atoms with Crippen molar-refractivity contribution < 1.29 is 9.72 Å². The lowest BCUT2D eigenvalue weighted by Crippen LogP contribution is -2.38. The molecule has 2 heterocycles. The van der Waals surface area contributed by atoms with Gasteiger partial charge < -0.3 is 15.6 Å². The largest absolute Gasteiger partial charge is 0.345 e. The predicted molar refractivity (Wildman–Crippen MR) is 107 cm³/mol. The van der Waals surface area contributed by atoms with E-state index in [1.807, 2.05) is 17.0 Å². The average molecular weight is 378 g/mol. The molecule has 1 fully saturated rings. The summed E-state index contributed by atoms with van der Waals surface area (Å²) in [5.74, 6) is 0.305. The van der Waals surface area contributed by atoms with Crippen LogP contribution in [0.25, 0.3) is 10.9 Å². The number of likely N-dealkylation sites (tertiary alicyclic amines) is 1. The Morgan fingerprint density at radius 3 is 2.64 bits per heavy atom. The van der Waals surface area contributed by atoms with E-state index in [4.69, 9.17) is 5.73 Å². The lowest BCUT2D eigenvalue weighted by atomic mass is 9.88. The third kappa shape index (κ3) is 3.36. The Bertz CT molecular complexity index is 1040. The molecule has 4 rings (SSSR count). The first-order valence-corrected chi connectivity index (χ1v) is 9.41. The van der Waals surface area contributed by atoms with Gasteiger partial charge in [0.2, 0.25) is 0 Å². The van der Waals surface area contributed by atoms with Crippen LogP contribution in [0.2, 0.25) is 0 Å². The van der Waals surface area contributed by atoms with Crippen LogP contribution in [0, 0.1) is 10.1 Å². The van der Waals surface area contributed by atoms with Gasteiger partial charge in [0.05, 0.1) is 4.92 Å². The van der Waals surface area contributed by atoms with Gasteiger partial charge in [0, 0.05) is 31.1 Å². The van der Waals surface area contributed by atoms with Gasteiger partial charge in [0.1, 0.15) is 11.2 Å². The van der Waals surface area contributed by atoms with Crippen LogP contribution in [0.15, 0.2) is 48.5 Å². The number of aromatic nitrogens is 1. The molecule has 1 aromatic heterocycles. The number of aromatic amines is 1. The maximum Gasteiger partial charge on any atom is 0.293 e. The van der Waals surface area contributed by atoms with E-state index in [9.17, 15) is 14.9 Å². The van der Waals surface area contributed by atoms with Gasteiger partial charge in [-0.2, -0.15) is 0 Å². The van der Waals surface area contributed by atoms with E-state index in [2.05, 4.69) is 17.1 Å². The van der Waals surface area contributed by atoms with Crippen molar-refractivity contribution in [3.63, 3.8) is 0 Å². The number of carbonyl (C=O) groups is 1. The normalized spacial score (nSPS) is 15.1. The number of nitro benzene ring substituents is 1. The second kappa shape index (κ2) is 7.44. The molecule has 1 amide bonds. The molecule has 1 aliphatic heterocycles. The van der Waals surface area contributed by atoms with E-state index in [1.54, 1.807) is 18.2 Å². The summed E-state index contributed by atoms with van der Waals surface area (Å²) >= 11 is 0. The highest BCUT2D eigenvalue weighted by molar-refractivity contribution is 6.00. The molecule has 0 unspecified atom stereocenters. The minimum absolute atomic E-state index is 0.0185. The van der Waals surface area contributed by atoms with Gasteiger partial charge in [-0.3, -0.25) is 14.9 Å². The fourth-order valence-corrected chi connectivity index (χ4v) is 3.97. The Kier molecular flexibility index (Phi) is 4.83. The minimum Gasteiger partial charge on any atom is -0.345 e. The summed E-state index contributed by atoms with van der Waals surface area (Å²) in [7, 11) is 0. The van der Waals surface area contributed by atoms with E-state index in [-0.39, 0.29) is 11.6 Å². The van der Waals surface area contributed by atoms with E-state index < -0.39 is 4.92 Å². The fourth-order valence-electron chi connectivity index (χ4n) is 3.97. The number of carbonyl (C=O) groups excluding carboxylic acids is 1. The molecular formula is C21H22N4O3. The smallest absolute Gasteiger partial charge is 0.293 e. The Labute approximate surface area is 162 Å². The summed E-state index contributed by atoms with van der Waals surface area (Å²) in [4.78, 5) is 28.4. The van der Waals surface area contributed by atoms with Crippen LogP contribution in [0.4, 0.5) is 5.69 Å². The Hall–Kier alpha value is -3.19. The third-order valence-electron chi connectivity index (χ3n) is 5.50. The van der Waals surface area contributed by atoms with Crippen LogP contribution in [0.3, 0.4) is 0 Å². The molecule has 7 heteroatoms. The van der Waals surface area contributed by atoms with Gasteiger partial charge in [-0.05, 0) is 36.0 Å². The Morgan fingerprint density at radius 2 is 1.93 bits per heavy atom. The average Bonchev–Trinajstić information content (AvgIpc) is 3.17. The predicted octanol–water partition coefficient (Wildman–Crippen LogP) is 3.55. The van der Waals surface area contributed by atoms with E-state index in [0.29, 0.717) is 42.1 Å². The van der Waals surface area contributed by atoms with Crippen LogP contribution < -0.4 is 5.73 Å². The number of hydrogen-bond acceptors (Lipinski definition) is 4. The number of non-ortho nitro benzene ring substituents is 1. The molecule has 1 aliphatic rings. The molecule has 0 radical (unpaired) electrons. The highest BCUT2D eigenvalue weighted by Gasteiger charge is 2.26. The molecule has 0 spiro atoms. The second-order valence-corrected chi connectivity index (χ2v) is 7.20. The SMILES string of the molecule is NCc1cccc(C2CCN(C(=O)c3cc4cccc([N+](=O)[O-])c4[nH]3)CC2)c1. The first-order valence-electron chi connectivity index (χ1n) is 9.41. The summed E-state index contributed by atoms with van der Waals surface area (Å²) in [6.45, 7) is 1.85. The van der Waals surface area contributed by atoms with E-state index in [1.165, 1.54) is 11.6 Å². The number of nitrogens with two attached hydrogens (primary N) is 1. The number of nitro groups is 1. The molecule has 3 aromatic rings. The van der Waals surface area contributed by atoms with Crippen LogP contribution in [0.5, 0.6) is 0 Å². The molecule has 0 bridgehead atoms. The topological polar surface area (TPSA) is 105 Å². The van der Waals surface area contributed by atoms with Gasteiger partial charge in [-0.15, -0.1) is 0 Å².